The molecule has 6 heteroatoms. The van der Waals surface area contributed by atoms with Gasteiger partial charge in [-0.15, -0.1) is 11.3 Å². The molecule has 1 saturated carbocycles. The highest BCUT2D eigenvalue weighted by atomic mass is 32.1. The van der Waals surface area contributed by atoms with Gasteiger partial charge < -0.3 is 14.5 Å². The van der Waals surface area contributed by atoms with Crippen LogP contribution in [0, 0.1) is 11.8 Å². The van der Waals surface area contributed by atoms with E-state index in [2.05, 4.69) is 11.0 Å². The fraction of sp³-hybridized carbons (Fsp3) is 0.714. The molecule has 2 amide bonds. The van der Waals surface area contributed by atoms with Crippen LogP contribution in [0.4, 0.5) is 0 Å². The Bertz CT molecular complexity index is 753. The maximum absolute atomic E-state index is 13.2. The number of ether oxygens (including phenoxy) is 1. The van der Waals surface area contributed by atoms with Gasteiger partial charge in [0, 0.05) is 44.4 Å². The summed E-state index contributed by atoms with van der Waals surface area (Å²) in [5, 5.41) is 0. The van der Waals surface area contributed by atoms with Gasteiger partial charge in [0.2, 0.25) is 5.91 Å². The summed E-state index contributed by atoms with van der Waals surface area (Å²) in [6, 6.07) is 2.13. The first kappa shape index (κ1) is 17.7. The lowest BCUT2D eigenvalue weighted by atomic mass is 9.82. The molecule has 5 nitrogen and oxygen atoms in total. The van der Waals surface area contributed by atoms with E-state index in [0.717, 1.165) is 56.9 Å². The number of fused-ring (bicyclic) bond motifs is 4. The van der Waals surface area contributed by atoms with E-state index in [-0.39, 0.29) is 17.4 Å². The van der Waals surface area contributed by atoms with E-state index in [9.17, 15) is 9.59 Å². The third-order valence-corrected chi connectivity index (χ3v) is 8.31. The number of nitrogens with zero attached hydrogens (tertiary/aromatic N) is 2. The van der Waals surface area contributed by atoms with Crippen LogP contribution in [0.1, 0.15) is 59.1 Å². The molecule has 1 aliphatic carbocycles. The van der Waals surface area contributed by atoms with E-state index in [0.29, 0.717) is 11.8 Å². The molecule has 1 aromatic heterocycles. The second-order valence-corrected chi connectivity index (χ2v) is 9.94. The van der Waals surface area contributed by atoms with Crippen LogP contribution in [-0.2, 0) is 21.6 Å². The largest absolute Gasteiger partial charge is 0.370 e. The number of carbonyl (C=O) groups excluding carboxylic acids is 2. The van der Waals surface area contributed by atoms with Gasteiger partial charge in [0.25, 0.3) is 5.91 Å². The van der Waals surface area contributed by atoms with Crippen molar-refractivity contribution in [3.05, 3.63) is 21.4 Å². The Morgan fingerprint density at radius 3 is 2.52 bits per heavy atom. The summed E-state index contributed by atoms with van der Waals surface area (Å²) in [6.45, 7) is 5.71. The van der Waals surface area contributed by atoms with Crippen LogP contribution in [-0.4, -0.2) is 54.4 Å². The van der Waals surface area contributed by atoms with Gasteiger partial charge in [0.1, 0.15) is 0 Å². The van der Waals surface area contributed by atoms with Gasteiger partial charge in [-0.25, -0.2) is 0 Å². The van der Waals surface area contributed by atoms with E-state index in [1.54, 1.807) is 18.3 Å². The first-order valence-corrected chi connectivity index (χ1v) is 11.2. The standard InChI is InChI=1S/C21H28N2O3S/c1-14(24)22-7-5-21(6-8-22)17-11-19(27-18(17)4-9-26-21)20(25)23-12-15-2-3-16(10-15)13-23/h11,15-16H,2-10,12-13H2,1H3/t15-,16+. The molecule has 0 aromatic carbocycles. The highest BCUT2D eigenvalue weighted by Crippen LogP contribution is 2.45. The molecule has 146 valence electrons. The molecule has 27 heavy (non-hydrogen) atoms. The van der Waals surface area contributed by atoms with Crippen LogP contribution in [0.2, 0.25) is 0 Å². The lowest BCUT2D eigenvalue weighted by Crippen LogP contribution is -2.47. The molecule has 0 N–H and O–H groups in total. The fourth-order valence-electron chi connectivity index (χ4n) is 5.65. The molecule has 2 bridgehead atoms. The van der Waals surface area contributed by atoms with Crippen molar-refractivity contribution >= 4 is 23.2 Å². The number of hydrogen-bond acceptors (Lipinski definition) is 4. The molecule has 2 saturated heterocycles. The van der Waals surface area contributed by atoms with Gasteiger partial charge in [-0.2, -0.15) is 0 Å². The summed E-state index contributed by atoms with van der Waals surface area (Å²) in [5.74, 6) is 1.80. The fourth-order valence-corrected chi connectivity index (χ4v) is 6.85. The second kappa shape index (κ2) is 6.59. The molecule has 0 radical (unpaired) electrons. The minimum absolute atomic E-state index is 0.141. The lowest BCUT2D eigenvalue weighted by Gasteiger charge is -2.43. The minimum Gasteiger partial charge on any atom is -0.370 e. The molecule has 0 unspecified atom stereocenters. The van der Waals surface area contributed by atoms with Crippen molar-refractivity contribution in [3.8, 4) is 0 Å². The smallest absolute Gasteiger partial charge is 0.263 e. The van der Waals surface area contributed by atoms with Crippen molar-refractivity contribution in [2.24, 2.45) is 11.8 Å². The van der Waals surface area contributed by atoms with Crippen LogP contribution in [0.3, 0.4) is 0 Å². The number of amides is 2. The molecule has 2 atom stereocenters. The molecule has 1 spiro atoms. The number of hydrogen-bond donors (Lipinski definition) is 0. The SMILES string of the molecule is CC(=O)N1CCC2(CC1)OCCc1sc(C(=O)N3C[C@@H]4CC[C@@H](C4)C3)cc12. The monoisotopic (exact) mass is 388 g/mol. The third-order valence-electron chi connectivity index (χ3n) is 7.13. The lowest BCUT2D eigenvalue weighted by molar-refractivity contribution is -0.138. The van der Waals surface area contributed by atoms with Crippen molar-refractivity contribution < 1.29 is 14.3 Å². The highest BCUT2D eigenvalue weighted by molar-refractivity contribution is 7.14. The molecule has 5 rings (SSSR count). The Hall–Kier alpha value is -1.40. The van der Waals surface area contributed by atoms with Crippen LogP contribution >= 0.6 is 11.3 Å². The van der Waals surface area contributed by atoms with Crippen LogP contribution in [0.5, 0.6) is 0 Å². The first-order valence-electron chi connectivity index (χ1n) is 10.4. The minimum atomic E-state index is -0.296. The van der Waals surface area contributed by atoms with E-state index in [4.69, 9.17) is 4.74 Å². The summed E-state index contributed by atoms with van der Waals surface area (Å²) in [7, 11) is 0. The Kier molecular flexibility index (Phi) is 4.32. The number of carbonyl (C=O) groups is 2. The van der Waals surface area contributed by atoms with E-state index in [1.807, 2.05) is 4.90 Å². The Balaban J connectivity index is 1.38. The average Bonchev–Trinajstić information content (AvgIpc) is 3.25. The van der Waals surface area contributed by atoms with Crippen molar-refractivity contribution in [1.29, 1.82) is 0 Å². The Morgan fingerprint density at radius 2 is 1.85 bits per heavy atom. The Labute approximate surface area is 164 Å². The number of thiophene rings is 1. The summed E-state index contributed by atoms with van der Waals surface area (Å²) in [6.07, 6.45) is 6.46. The molecular formula is C21H28N2O3S. The quantitative estimate of drug-likeness (QED) is 0.743. The second-order valence-electron chi connectivity index (χ2n) is 8.80. The van der Waals surface area contributed by atoms with Gasteiger partial charge in [-0.1, -0.05) is 0 Å². The van der Waals surface area contributed by atoms with Gasteiger partial charge in [-0.3, -0.25) is 9.59 Å². The maximum Gasteiger partial charge on any atom is 0.263 e. The highest BCUT2D eigenvalue weighted by Gasteiger charge is 2.43. The maximum atomic E-state index is 13.2. The number of piperidine rings is 2. The molecule has 4 heterocycles. The average molecular weight is 389 g/mol. The predicted molar refractivity (Wildman–Crippen MR) is 104 cm³/mol. The van der Waals surface area contributed by atoms with E-state index >= 15 is 0 Å². The van der Waals surface area contributed by atoms with E-state index < -0.39 is 0 Å². The zero-order valence-electron chi connectivity index (χ0n) is 16.0. The van der Waals surface area contributed by atoms with Crippen molar-refractivity contribution in [2.45, 2.75) is 51.0 Å². The first-order chi connectivity index (χ1) is 13.0. The topological polar surface area (TPSA) is 49.9 Å². The molecule has 1 aromatic rings. The zero-order valence-corrected chi connectivity index (χ0v) is 16.9. The summed E-state index contributed by atoms with van der Waals surface area (Å²) < 4.78 is 6.29. The third kappa shape index (κ3) is 3.01. The molecular weight excluding hydrogens is 360 g/mol. The molecule has 3 fully saturated rings. The van der Waals surface area contributed by atoms with Gasteiger partial charge in [0.05, 0.1) is 17.1 Å². The molecule has 3 aliphatic heterocycles. The van der Waals surface area contributed by atoms with Crippen molar-refractivity contribution in [3.63, 3.8) is 0 Å². The van der Waals surface area contributed by atoms with Crippen molar-refractivity contribution in [2.75, 3.05) is 32.8 Å². The Morgan fingerprint density at radius 1 is 1.15 bits per heavy atom. The van der Waals surface area contributed by atoms with Gasteiger partial charge in [0.15, 0.2) is 0 Å². The molecule has 4 aliphatic rings. The van der Waals surface area contributed by atoms with Crippen LogP contribution in [0.25, 0.3) is 0 Å². The van der Waals surface area contributed by atoms with E-state index in [1.165, 1.54) is 29.7 Å². The summed E-state index contributed by atoms with van der Waals surface area (Å²) in [5.41, 5.74) is 0.931. The summed E-state index contributed by atoms with van der Waals surface area (Å²) in [4.78, 5) is 31.1. The van der Waals surface area contributed by atoms with Crippen molar-refractivity contribution in [1.82, 2.24) is 9.80 Å². The zero-order chi connectivity index (χ0) is 18.6. The van der Waals surface area contributed by atoms with Crippen LogP contribution in [0.15, 0.2) is 6.07 Å². The van der Waals surface area contributed by atoms with Crippen LogP contribution < -0.4 is 0 Å². The van der Waals surface area contributed by atoms with Gasteiger partial charge in [-0.05, 0) is 55.6 Å². The summed E-state index contributed by atoms with van der Waals surface area (Å²) >= 11 is 1.68. The normalized spacial score (nSPS) is 29.1. The predicted octanol–water partition coefficient (Wildman–Crippen LogP) is 3.03. The number of likely N-dealkylation sites (tertiary alicyclic amines) is 2. The number of rotatable bonds is 1. The van der Waals surface area contributed by atoms with Gasteiger partial charge >= 0.3 is 0 Å².